The van der Waals surface area contributed by atoms with Gasteiger partial charge in [0.25, 0.3) is 11.8 Å². The predicted octanol–water partition coefficient (Wildman–Crippen LogP) is 1.11. The fourth-order valence-corrected chi connectivity index (χ4v) is 4.42. The van der Waals surface area contributed by atoms with Crippen LogP contribution in [0.15, 0.2) is 6.07 Å². The van der Waals surface area contributed by atoms with E-state index in [-0.39, 0.29) is 23.5 Å². The minimum atomic E-state index is -0.360. The molecule has 8 nitrogen and oxygen atoms in total. The van der Waals surface area contributed by atoms with Gasteiger partial charge in [0.15, 0.2) is 0 Å². The maximum Gasteiger partial charge on any atom is 0.272 e. The third kappa shape index (κ3) is 3.89. The Morgan fingerprint density at radius 1 is 1.11 bits per heavy atom. The molecule has 4 rings (SSSR count). The van der Waals surface area contributed by atoms with Crippen molar-refractivity contribution in [1.82, 2.24) is 19.8 Å². The fourth-order valence-electron chi connectivity index (χ4n) is 4.42. The van der Waals surface area contributed by atoms with Crippen molar-refractivity contribution in [2.24, 2.45) is 0 Å². The number of amides is 2. The van der Waals surface area contributed by atoms with Crippen LogP contribution in [-0.4, -0.2) is 82.7 Å². The van der Waals surface area contributed by atoms with Crippen LogP contribution in [0.25, 0.3) is 0 Å². The van der Waals surface area contributed by atoms with Gasteiger partial charge < -0.3 is 19.3 Å². The van der Waals surface area contributed by atoms with Crippen LogP contribution in [0.4, 0.5) is 0 Å². The third-order valence-corrected chi connectivity index (χ3v) is 5.91. The number of hydrogen-bond acceptors (Lipinski definition) is 6. The summed E-state index contributed by atoms with van der Waals surface area (Å²) in [7, 11) is 0. The summed E-state index contributed by atoms with van der Waals surface area (Å²) in [5.74, 6) is 0.632. The van der Waals surface area contributed by atoms with E-state index in [0.29, 0.717) is 50.9 Å². The Morgan fingerprint density at radius 2 is 1.89 bits per heavy atom. The smallest absolute Gasteiger partial charge is 0.272 e. The number of rotatable bonds is 2. The molecule has 152 valence electrons. The quantitative estimate of drug-likeness (QED) is 0.754. The summed E-state index contributed by atoms with van der Waals surface area (Å²) in [4.78, 5) is 37.8. The van der Waals surface area contributed by atoms with Gasteiger partial charge in [-0.25, -0.2) is 9.97 Å². The average Bonchev–Trinajstić information content (AvgIpc) is 3.21. The van der Waals surface area contributed by atoms with Crippen molar-refractivity contribution >= 4 is 11.8 Å². The van der Waals surface area contributed by atoms with Gasteiger partial charge in [-0.2, -0.15) is 0 Å². The highest BCUT2D eigenvalue weighted by molar-refractivity contribution is 5.92. The fraction of sp³-hybridized carbons (Fsp3) is 0.700. The molecule has 0 saturated carbocycles. The monoisotopic (exact) mass is 388 g/mol. The maximum atomic E-state index is 12.8. The molecule has 2 amide bonds. The van der Waals surface area contributed by atoms with E-state index in [1.54, 1.807) is 13.0 Å². The van der Waals surface area contributed by atoms with Gasteiger partial charge in [-0.15, -0.1) is 0 Å². The second-order valence-electron chi connectivity index (χ2n) is 8.03. The van der Waals surface area contributed by atoms with Crippen molar-refractivity contribution in [3.8, 4) is 0 Å². The van der Waals surface area contributed by atoms with Gasteiger partial charge in [0.1, 0.15) is 17.6 Å². The predicted molar refractivity (Wildman–Crippen MR) is 101 cm³/mol. The molecule has 28 heavy (non-hydrogen) atoms. The number of ether oxygens (including phenoxy) is 2. The highest BCUT2D eigenvalue weighted by Crippen LogP contribution is 2.31. The summed E-state index contributed by atoms with van der Waals surface area (Å²) in [5.41, 5.74) is 0.879. The van der Waals surface area contributed by atoms with Crippen molar-refractivity contribution in [3.63, 3.8) is 0 Å². The highest BCUT2D eigenvalue weighted by atomic mass is 16.5. The molecule has 1 spiro atoms. The maximum absolute atomic E-state index is 12.8. The van der Waals surface area contributed by atoms with Gasteiger partial charge in [0.05, 0.1) is 12.2 Å². The molecule has 0 aromatic carbocycles. The SMILES string of the molecule is Cc1cc(C(=O)N2CCC3(CC2)CN(C(=O)[C@H]2CCCO2)CCO3)nc(C)n1. The molecule has 0 bridgehead atoms. The van der Waals surface area contributed by atoms with Gasteiger partial charge in [-0.1, -0.05) is 0 Å². The van der Waals surface area contributed by atoms with Gasteiger partial charge in [-0.3, -0.25) is 9.59 Å². The van der Waals surface area contributed by atoms with Gasteiger partial charge in [0, 0.05) is 38.5 Å². The molecule has 1 aromatic heterocycles. The molecule has 3 aliphatic rings. The number of carbonyl (C=O) groups is 2. The second-order valence-corrected chi connectivity index (χ2v) is 8.03. The number of likely N-dealkylation sites (tertiary alicyclic amines) is 1. The normalized spacial score (nSPS) is 24.6. The van der Waals surface area contributed by atoms with E-state index >= 15 is 0 Å². The third-order valence-electron chi connectivity index (χ3n) is 5.91. The number of aromatic nitrogens is 2. The minimum absolute atomic E-state index is 0.0634. The van der Waals surface area contributed by atoms with Crippen LogP contribution in [0, 0.1) is 13.8 Å². The highest BCUT2D eigenvalue weighted by Gasteiger charge is 2.43. The Morgan fingerprint density at radius 3 is 2.57 bits per heavy atom. The van der Waals surface area contributed by atoms with E-state index in [9.17, 15) is 9.59 Å². The van der Waals surface area contributed by atoms with Crippen LogP contribution in [0.5, 0.6) is 0 Å². The number of hydrogen-bond donors (Lipinski definition) is 0. The lowest BCUT2D eigenvalue weighted by atomic mass is 9.89. The van der Waals surface area contributed by atoms with Crippen molar-refractivity contribution in [3.05, 3.63) is 23.3 Å². The van der Waals surface area contributed by atoms with Crippen molar-refractivity contribution in [2.75, 3.05) is 39.4 Å². The van der Waals surface area contributed by atoms with Crippen LogP contribution in [0.3, 0.4) is 0 Å². The number of carbonyl (C=O) groups excluding carboxylic acids is 2. The molecule has 1 atom stereocenters. The van der Waals surface area contributed by atoms with E-state index in [4.69, 9.17) is 9.47 Å². The zero-order valence-electron chi connectivity index (χ0n) is 16.6. The average molecular weight is 388 g/mol. The van der Waals surface area contributed by atoms with Crippen molar-refractivity contribution < 1.29 is 19.1 Å². The Labute approximate surface area is 165 Å². The minimum Gasteiger partial charge on any atom is -0.371 e. The van der Waals surface area contributed by atoms with Crippen LogP contribution >= 0.6 is 0 Å². The summed E-state index contributed by atoms with van der Waals surface area (Å²) in [5, 5.41) is 0. The summed E-state index contributed by atoms with van der Waals surface area (Å²) in [6.07, 6.45) is 2.91. The van der Waals surface area contributed by atoms with Crippen LogP contribution in [0.1, 0.15) is 47.7 Å². The molecule has 0 radical (unpaired) electrons. The summed E-state index contributed by atoms with van der Waals surface area (Å²) < 4.78 is 11.7. The van der Waals surface area contributed by atoms with E-state index in [1.165, 1.54) is 0 Å². The largest absolute Gasteiger partial charge is 0.371 e. The first-order chi connectivity index (χ1) is 13.5. The van der Waals surface area contributed by atoms with Gasteiger partial charge in [0.2, 0.25) is 0 Å². The van der Waals surface area contributed by atoms with Crippen LogP contribution in [-0.2, 0) is 14.3 Å². The zero-order chi connectivity index (χ0) is 19.7. The van der Waals surface area contributed by atoms with E-state index in [2.05, 4.69) is 9.97 Å². The van der Waals surface area contributed by atoms with Crippen LogP contribution < -0.4 is 0 Å². The summed E-state index contributed by atoms with van der Waals surface area (Å²) >= 11 is 0. The molecule has 3 aliphatic heterocycles. The molecule has 3 fully saturated rings. The first-order valence-corrected chi connectivity index (χ1v) is 10.1. The van der Waals surface area contributed by atoms with Crippen molar-refractivity contribution in [2.45, 2.75) is 51.2 Å². The van der Waals surface area contributed by atoms with E-state index in [1.807, 2.05) is 16.7 Å². The summed E-state index contributed by atoms with van der Waals surface area (Å²) in [6, 6.07) is 1.73. The second kappa shape index (κ2) is 7.75. The molecule has 0 N–H and O–H groups in total. The number of morpholine rings is 1. The number of piperidine rings is 1. The summed E-state index contributed by atoms with van der Waals surface area (Å²) in [6.45, 7) is 7.27. The lowest BCUT2D eigenvalue weighted by Crippen LogP contribution is -2.59. The van der Waals surface area contributed by atoms with E-state index in [0.717, 1.165) is 31.4 Å². The standard InChI is InChI=1S/C20H28N4O4/c1-14-12-16(22-15(2)21-14)18(25)23-7-5-20(6-8-23)13-24(9-11-28-20)19(26)17-4-3-10-27-17/h12,17H,3-11,13H2,1-2H3/t17-/m1/s1. The first kappa shape index (κ1) is 19.3. The van der Waals surface area contributed by atoms with Gasteiger partial charge >= 0.3 is 0 Å². The topological polar surface area (TPSA) is 84.9 Å². The Bertz CT molecular complexity index is 734. The Balaban J connectivity index is 1.38. The molecule has 8 heteroatoms. The van der Waals surface area contributed by atoms with Crippen LogP contribution in [0.2, 0.25) is 0 Å². The first-order valence-electron chi connectivity index (χ1n) is 10.1. The zero-order valence-corrected chi connectivity index (χ0v) is 16.6. The molecule has 3 saturated heterocycles. The molecule has 1 aromatic rings. The molecular weight excluding hydrogens is 360 g/mol. The van der Waals surface area contributed by atoms with E-state index < -0.39 is 0 Å². The van der Waals surface area contributed by atoms with Crippen molar-refractivity contribution in [1.29, 1.82) is 0 Å². The lowest BCUT2D eigenvalue weighted by Gasteiger charge is -2.47. The lowest BCUT2D eigenvalue weighted by molar-refractivity contribution is -0.165. The Hall–Kier alpha value is -2.06. The Kier molecular flexibility index (Phi) is 5.33. The molecule has 0 aliphatic carbocycles. The van der Waals surface area contributed by atoms with Gasteiger partial charge in [-0.05, 0) is 45.6 Å². The number of nitrogens with zero attached hydrogens (tertiary/aromatic N) is 4. The molecule has 4 heterocycles. The number of aryl methyl sites for hydroxylation is 2. The molecule has 0 unspecified atom stereocenters. The molecular formula is C20H28N4O4.